The lowest BCUT2D eigenvalue weighted by Gasteiger charge is -2.62. The van der Waals surface area contributed by atoms with Gasteiger partial charge in [0, 0.05) is 0 Å². The molecule has 0 aromatic heterocycles. The van der Waals surface area contributed by atoms with Crippen molar-refractivity contribution in [3.63, 3.8) is 0 Å². The average Bonchev–Trinajstić information content (AvgIpc) is 3.45. The Morgan fingerprint density at radius 2 is 1.59 bits per heavy atom. The number of hydrogen-bond donors (Lipinski definition) is 8. The molecule has 2 saturated heterocycles. The highest BCUT2D eigenvalue weighted by Crippen LogP contribution is 2.73. The predicted molar refractivity (Wildman–Crippen MR) is 195 cm³/mol. The number of ether oxygens (including phenoxy) is 4. The fourth-order valence-corrected chi connectivity index (χ4v) is 12.4. The first-order valence-electron chi connectivity index (χ1n) is 20.1. The first kappa shape index (κ1) is 42.1. The molecule has 0 aromatic carbocycles. The molecule has 0 spiro atoms. The van der Waals surface area contributed by atoms with E-state index in [4.69, 9.17) is 18.9 Å². The summed E-state index contributed by atoms with van der Waals surface area (Å²) in [5, 5.41) is 84.2. The van der Waals surface area contributed by atoms with Gasteiger partial charge >= 0.3 is 5.97 Å². The monoisotopic (exact) mass is 766 g/mol. The number of carboxylic acid groups (broad SMARTS) is 1. The van der Waals surface area contributed by atoms with E-state index in [1.165, 1.54) is 5.57 Å². The molecule has 13 heteroatoms. The van der Waals surface area contributed by atoms with E-state index in [0.29, 0.717) is 25.7 Å². The van der Waals surface area contributed by atoms with Crippen LogP contribution in [0.25, 0.3) is 0 Å². The zero-order chi connectivity index (χ0) is 39.7. The molecule has 17 atom stereocenters. The van der Waals surface area contributed by atoms with Crippen molar-refractivity contribution in [1.29, 1.82) is 0 Å². The van der Waals surface area contributed by atoms with Gasteiger partial charge in [-0.1, -0.05) is 57.9 Å². The second-order valence-corrected chi connectivity index (χ2v) is 18.7. The molecule has 0 radical (unpaired) electrons. The number of carboxylic acids is 1. The fourth-order valence-electron chi connectivity index (χ4n) is 12.4. The summed E-state index contributed by atoms with van der Waals surface area (Å²) >= 11 is 0. The van der Waals surface area contributed by atoms with Crippen LogP contribution in [0.2, 0.25) is 0 Å². The van der Waals surface area contributed by atoms with Crippen molar-refractivity contribution >= 4 is 5.97 Å². The molecule has 8 N–H and O–H groups in total. The maximum Gasteiger partial charge on any atom is 0.314 e. The Kier molecular flexibility index (Phi) is 12.0. The molecule has 54 heavy (non-hydrogen) atoms. The Labute approximate surface area is 319 Å². The molecule has 308 valence electrons. The summed E-state index contributed by atoms with van der Waals surface area (Å²) in [6.45, 7) is 15.9. The van der Waals surface area contributed by atoms with Crippen LogP contribution in [0.15, 0.2) is 23.3 Å². The van der Waals surface area contributed by atoms with E-state index in [0.717, 1.165) is 49.7 Å². The number of hydrogen-bond acceptors (Lipinski definition) is 12. The molecular formula is C41H66O13. The lowest BCUT2D eigenvalue weighted by atomic mass is 9.43. The topological polar surface area (TPSA) is 216 Å². The minimum atomic E-state index is -1.72. The molecule has 0 aromatic rings. The molecule has 4 fully saturated rings. The highest BCUT2D eigenvalue weighted by Gasteiger charge is 2.68. The number of fused-ring (bicyclic) bond motifs is 4. The van der Waals surface area contributed by atoms with Gasteiger partial charge in [0.1, 0.15) is 42.7 Å². The Balaban J connectivity index is 1.23. The summed E-state index contributed by atoms with van der Waals surface area (Å²) in [7, 11) is 0. The number of aliphatic hydroxyl groups is 7. The molecule has 13 nitrogen and oxygen atoms in total. The van der Waals surface area contributed by atoms with Crippen LogP contribution in [0.4, 0.5) is 0 Å². The summed E-state index contributed by atoms with van der Waals surface area (Å²) < 4.78 is 24.1. The van der Waals surface area contributed by atoms with E-state index in [1.807, 2.05) is 6.92 Å². The third-order valence-corrected chi connectivity index (χ3v) is 15.6. The molecule has 0 unspecified atom stereocenters. The van der Waals surface area contributed by atoms with Gasteiger partial charge in [-0.05, 0) is 105 Å². The molecule has 6 rings (SSSR count). The first-order chi connectivity index (χ1) is 25.3. The maximum absolute atomic E-state index is 13.7. The summed E-state index contributed by atoms with van der Waals surface area (Å²) in [4.78, 5) is 13.7. The van der Waals surface area contributed by atoms with Crippen LogP contribution < -0.4 is 0 Å². The van der Waals surface area contributed by atoms with Gasteiger partial charge in [0.25, 0.3) is 0 Å². The van der Waals surface area contributed by atoms with Crippen molar-refractivity contribution in [2.24, 2.45) is 39.4 Å². The third kappa shape index (κ3) is 6.64. The van der Waals surface area contributed by atoms with Crippen LogP contribution in [0.1, 0.15) is 106 Å². The van der Waals surface area contributed by atoms with Crippen molar-refractivity contribution in [2.45, 2.75) is 173 Å². The van der Waals surface area contributed by atoms with Crippen molar-refractivity contribution in [1.82, 2.24) is 0 Å². The highest BCUT2D eigenvalue weighted by atomic mass is 16.8. The maximum atomic E-state index is 13.7. The molecule has 0 bridgehead atoms. The quantitative estimate of drug-likeness (QED) is 0.142. The second kappa shape index (κ2) is 15.4. The lowest BCUT2D eigenvalue weighted by molar-refractivity contribution is -0.365. The summed E-state index contributed by atoms with van der Waals surface area (Å²) in [6.07, 6.45) is -6.64. The standard InChI is InChI=1S/C41H66O13/c1-20(2)25(43)10-8-21(3)22-13-17-41(37(49)50)24-9-11-28-38(4,5)29(14-15-39(28,6)23(24)12-16-40(22,41)7)53-36-34(30(45)26(44)19-51-36)54-35-33(48)32(47)31(46)27(18-42)52-35/h21-22,25-36,42-48H,1,8-19H2,2-7H3,(H,49,50)/t21-,22-,25+,26+,27-,28-,29+,30+,31+,32+,33-,34-,35+,36+,39-,40-,41+/m1/s1. The van der Waals surface area contributed by atoms with E-state index in [1.54, 1.807) is 0 Å². The minimum absolute atomic E-state index is 0.140. The zero-order valence-electron chi connectivity index (χ0n) is 32.9. The smallest absolute Gasteiger partial charge is 0.314 e. The van der Waals surface area contributed by atoms with Crippen molar-refractivity contribution in [3.05, 3.63) is 23.3 Å². The van der Waals surface area contributed by atoms with Gasteiger partial charge in [-0.2, -0.15) is 0 Å². The molecule has 6 aliphatic rings. The van der Waals surface area contributed by atoms with Gasteiger partial charge in [0.05, 0.1) is 30.8 Å². The normalized spacial score (nSPS) is 47.3. The average molecular weight is 767 g/mol. The van der Waals surface area contributed by atoms with Crippen LogP contribution >= 0.6 is 0 Å². The summed E-state index contributed by atoms with van der Waals surface area (Å²) in [6, 6.07) is 0. The molecular weight excluding hydrogens is 700 g/mol. The van der Waals surface area contributed by atoms with Gasteiger partial charge in [0.2, 0.25) is 0 Å². The zero-order valence-corrected chi connectivity index (χ0v) is 32.9. The fraction of sp³-hybridized carbons (Fsp3) is 0.878. The summed E-state index contributed by atoms with van der Waals surface area (Å²) in [5.74, 6) is -0.0798. The number of carbonyl (C=O) groups is 1. The van der Waals surface area contributed by atoms with Gasteiger partial charge in [0.15, 0.2) is 12.6 Å². The Morgan fingerprint density at radius 3 is 2.24 bits per heavy atom. The van der Waals surface area contributed by atoms with Gasteiger partial charge in [-0.3, -0.25) is 4.79 Å². The Bertz CT molecular complexity index is 1430. The van der Waals surface area contributed by atoms with E-state index >= 15 is 0 Å². The SMILES string of the molecule is C=C(C)[C@@H](O)CC[C@@H](C)[C@H]1CC[C@@]2(C(=O)O)C3=C(CC[C@]12C)[C@@]1(C)CC[C@H](O[C@@H]2OC[C@H](O)[C@H](O)[C@H]2O[C@@H]2O[C@H](CO)[C@H](O)[C@H](O)[C@H]2O)C(C)(C)[C@H]1CC3. The Morgan fingerprint density at radius 1 is 0.889 bits per heavy atom. The number of allylic oxidation sites excluding steroid dienone is 1. The number of rotatable bonds is 11. The van der Waals surface area contributed by atoms with Crippen LogP contribution in [0, 0.1) is 39.4 Å². The number of aliphatic carboxylic acids is 1. The van der Waals surface area contributed by atoms with Gasteiger partial charge < -0.3 is 59.8 Å². The van der Waals surface area contributed by atoms with E-state index in [9.17, 15) is 45.6 Å². The van der Waals surface area contributed by atoms with E-state index < -0.39 is 90.2 Å². The highest BCUT2D eigenvalue weighted by molar-refractivity contribution is 5.82. The Hall–Kier alpha value is -1.49. The van der Waals surface area contributed by atoms with Crippen LogP contribution in [0.5, 0.6) is 0 Å². The van der Waals surface area contributed by atoms with Crippen molar-refractivity contribution in [2.75, 3.05) is 13.2 Å². The second-order valence-electron chi connectivity index (χ2n) is 18.7. The van der Waals surface area contributed by atoms with E-state index in [-0.39, 0.29) is 35.9 Å². The number of aliphatic hydroxyl groups excluding tert-OH is 7. The van der Waals surface area contributed by atoms with Gasteiger partial charge in [-0.15, -0.1) is 0 Å². The largest absolute Gasteiger partial charge is 0.481 e. The van der Waals surface area contributed by atoms with Crippen LogP contribution in [-0.2, 0) is 23.7 Å². The first-order valence-corrected chi connectivity index (χ1v) is 20.1. The third-order valence-electron chi connectivity index (χ3n) is 15.6. The van der Waals surface area contributed by atoms with Crippen LogP contribution in [0.3, 0.4) is 0 Å². The minimum Gasteiger partial charge on any atom is -0.481 e. The molecule has 2 saturated carbocycles. The molecule has 4 aliphatic carbocycles. The molecule has 2 aliphatic heterocycles. The molecule has 0 amide bonds. The van der Waals surface area contributed by atoms with Crippen molar-refractivity contribution in [3.8, 4) is 0 Å². The predicted octanol–water partition coefficient (Wildman–Crippen LogP) is 2.80. The summed E-state index contributed by atoms with van der Waals surface area (Å²) in [5.41, 5.74) is 1.17. The van der Waals surface area contributed by atoms with Crippen LogP contribution in [-0.4, -0.2) is 128 Å². The van der Waals surface area contributed by atoms with E-state index in [2.05, 4.69) is 41.2 Å². The lowest BCUT2D eigenvalue weighted by Crippen LogP contribution is -2.64. The molecule has 2 heterocycles. The van der Waals surface area contributed by atoms with Crippen molar-refractivity contribution < 1.29 is 64.6 Å². The van der Waals surface area contributed by atoms with Gasteiger partial charge in [-0.25, -0.2) is 0 Å².